The molecule has 0 radical (unpaired) electrons. The third-order valence-corrected chi connectivity index (χ3v) is 2.06. The molecule has 0 saturated carbocycles. The molecule has 0 aliphatic heterocycles. The van der Waals surface area contributed by atoms with Gasteiger partial charge in [-0.05, 0) is 5.56 Å². The third kappa shape index (κ3) is 3.06. The molecule has 1 amide bonds. The molecule has 5 nitrogen and oxygen atoms in total. The Morgan fingerprint density at radius 3 is 2.50 bits per heavy atom. The maximum atomic E-state index is 11.5. The highest BCUT2D eigenvalue weighted by Crippen LogP contribution is 2.13. The van der Waals surface area contributed by atoms with Crippen molar-refractivity contribution in [2.75, 3.05) is 13.7 Å². The molecule has 0 bridgehead atoms. The number of carbonyl (C=O) groups is 2. The molecule has 5 heteroatoms. The predicted octanol–water partition coefficient (Wildman–Crippen LogP) is -0.0244. The average molecular weight is 222 g/mol. The van der Waals surface area contributed by atoms with Crippen LogP contribution in [0.3, 0.4) is 0 Å². The monoisotopic (exact) mass is 222 g/mol. The van der Waals surface area contributed by atoms with E-state index in [0.717, 1.165) is 0 Å². The summed E-state index contributed by atoms with van der Waals surface area (Å²) in [5.41, 5.74) is 5.84. The summed E-state index contributed by atoms with van der Waals surface area (Å²) < 4.78 is 4.62. The van der Waals surface area contributed by atoms with Gasteiger partial charge in [0.1, 0.15) is 0 Å². The van der Waals surface area contributed by atoms with Crippen molar-refractivity contribution in [2.45, 2.75) is 6.04 Å². The Morgan fingerprint density at radius 1 is 1.38 bits per heavy atom. The highest BCUT2D eigenvalue weighted by atomic mass is 16.5. The van der Waals surface area contributed by atoms with Crippen molar-refractivity contribution in [1.29, 1.82) is 0 Å². The number of amides is 1. The number of esters is 1. The largest absolute Gasteiger partial charge is 0.467 e. The van der Waals surface area contributed by atoms with E-state index in [0.29, 0.717) is 5.56 Å². The van der Waals surface area contributed by atoms with Crippen LogP contribution in [0.2, 0.25) is 0 Å². The fourth-order valence-corrected chi connectivity index (χ4v) is 1.26. The minimum Gasteiger partial charge on any atom is -0.467 e. The second kappa shape index (κ2) is 5.87. The van der Waals surface area contributed by atoms with Gasteiger partial charge in [-0.2, -0.15) is 0 Å². The summed E-state index contributed by atoms with van der Waals surface area (Å²) >= 11 is 0. The summed E-state index contributed by atoms with van der Waals surface area (Å²) in [7, 11) is 1.27. The van der Waals surface area contributed by atoms with E-state index in [-0.39, 0.29) is 6.54 Å². The molecule has 86 valence electrons. The van der Waals surface area contributed by atoms with E-state index in [1.807, 2.05) is 6.07 Å². The molecule has 0 aliphatic rings. The Balaban J connectivity index is 2.88. The maximum absolute atomic E-state index is 11.5. The van der Waals surface area contributed by atoms with Crippen LogP contribution in [0.25, 0.3) is 0 Å². The van der Waals surface area contributed by atoms with Gasteiger partial charge in [0, 0.05) is 0 Å². The van der Waals surface area contributed by atoms with E-state index in [4.69, 9.17) is 5.73 Å². The lowest BCUT2D eigenvalue weighted by Crippen LogP contribution is -2.38. The van der Waals surface area contributed by atoms with E-state index < -0.39 is 17.9 Å². The first-order chi connectivity index (χ1) is 7.69. The Bertz CT molecular complexity index is 365. The molecule has 0 aromatic heterocycles. The summed E-state index contributed by atoms with van der Waals surface area (Å²) in [5.74, 6) is -0.924. The molecule has 0 fully saturated rings. The quantitative estimate of drug-likeness (QED) is 0.701. The first-order valence-electron chi connectivity index (χ1n) is 4.81. The Hall–Kier alpha value is -1.88. The number of nitrogens with two attached hydrogens (primary N) is 1. The molecule has 1 rings (SSSR count). The fourth-order valence-electron chi connectivity index (χ4n) is 1.26. The summed E-state index contributed by atoms with van der Waals surface area (Å²) in [4.78, 5) is 22.7. The molecular formula is C11H14N2O3. The van der Waals surface area contributed by atoms with E-state index >= 15 is 0 Å². The molecule has 1 unspecified atom stereocenters. The van der Waals surface area contributed by atoms with Crippen LogP contribution in [0, 0.1) is 0 Å². The van der Waals surface area contributed by atoms with Gasteiger partial charge in [-0.1, -0.05) is 30.3 Å². The van der Waals surface area contributed by atoms with E-state index in [9.17, 15) is 9.59 Å². The van der Waals surface area contributed by atoms with Gasteiger partial charge in [-0.15, -0.1) is 0 Å². The molecular weight excluding hydrogens is 208 g/mol. The fraction of sp³-hybridized carbons (Fsp3) is 0.273. The Morgan fingerprint density at radius 2 is 2.00 bits per heavy atom. The van der Waals surface area contributed by atoms with Crippen molar-refractivity contribution in [2.24, 2.45) is 5.73 Å². The van der Waals surface area contributed by atoms with Gasteiger partial charge in [0.2, 0.25) is 5.91 Å². The van der Waals surface area contributed by atoms with Gasteiger partial charge in [-0.3, -0.25) is 4.79 Å². The Kier molecular flexibility index (Phi) is 4.47. The van der Waals surface area contributed by atoms with Crippen LogP contribution >= 0.6 is 0 Å². The van der Waals surface area contributed by atoms with Crippen LogP contribution < -0.4 is 11.1 Å². The van der Waals surface area contributed by atoms with Crippen LogP contribution in [0.1, 0.15) is 11.6 Å². The summed E-state index contributed by atoms with van der Waals surface area (Å²) in [6.45, 7) is -0.166. The molecule has 1 aromatic rings. The normalized spacial score (nSPS) is 11.6. The Labute approximate surface area is 93.6 Å². The van der Waals surface area contributed by atoms with E-state index in [1.165, 1.54) is 7.11 Å². The van der Waals surface area contributed by atoms with Gasteiger partial charge in [0.25, 0.3) is 0 Å². The molecule has 3 N–H and O–H groups in total. The highest BCUT2D eigenvalue weighted by Gasteiger charge is 2.22. The average Bonchev–Trinajstić information content (AvgIpc) is 2.35. The standard InChI is InChI=1S/C11H14N2O3/c1-16-11(15)10(13-9(14)7-12)8-5-3-2-4-6-8/h2-6,10H,7,12H2,1H3,(H,13,14). The van der Waals surface area contributed by atoms with Crippen LogP contribution in [0.15, 0.2) is 30.3 Å². The molecule has 0 saturated heterocycles. The summed E-state index contributed by atoms with van der Waals surface area (Å²) in [6, 6.07) is 8.04. The number of ether oxygens (including phenoxy) is 1. The van der Waals surface area contributed by atoms with Gasteiger partial charge >= 0.3 is 5.97 Å². The third-order valence-electron chi connectivity index (χ3n) is 2.06. The number of rotatable bonds is 4. The van der Waals surface area contributed by atoms with Crippen molar-refractivity contribution in [1.82, 2.24) is 5.32 Å². The lowest BCUT2D eigenvalue weighted by molar-refractivity contribution is -0.145. The van der Waals surface area contributed by atoms with Gasteiger partial charge in [0.05, 0.1) is 13.7 Å². The van der Waals surface area contributed by atoms with Crippen molar-refractivity contribution >= 4 is 11.9 Å². The summed E-state index contributed by atoms with van der Waals surface area (Å²) in [6.07, 6.45) is 0. The molecule has 0 aliphatic carbocycles. The van der Waals surface area contributed by atoms with E-state index in [2.05, 4.69) is 10.1 Å². The molecule has 1 aromatic carbocycles. The zero-order valence-corrected chi connectivity index (χ0v) is 8.97. The van der Waals surface area contributed by atoms with Crippen LogP contribution in [-0.4, -0.2) is 25.5 Å². The first kappa shape index (κ1) is 12.2. The van der Waals surface area contributed by atoms with Crippen LogP contribution in [-0.2, 0) is 14.3 Å². The first-order valence-corrected chi connectivity index (χ1v) is 4.81. The number of nitrogens with one attached hydrogen (secondary N) is 1. The molecule has 0 heterocycles. The van der Waals surface area contributed by atoms with Gasteiger partial charge in [-0.25, -0.2) is 4.79 Å². The van der Waals surface area contributed by atoms with E-state index in [1.54, 1.807) is 24.3 Å². The van der Waals surface area contributed by atoms with Gasteiger partial charge in [0.15, 0.2) is 6.04 Å². The minimum absolute atomic E-state index is 0.166. The lowest BCUT2D eigenvalue weighted by Gasteiger charge is -2.16. The van der Waals surface area contributed by atoms with Crippen molar-refractivity contribution in [3.63, 3.8) is 0 Å². The second-order valence-electron chi connectivity index (χ2n) is 3.14. The SMILES string of the molecule is COC(=O)C(NC(=O)CN)c1ccccc1. The van der Waals surface area contributed by atoms with Crippen molar-refractivity contribution in [3.8, 4) is 0 Å². The predicted molar refractivity (Wildman–Crippen MR) is 58.4 cm³/mol. The highest BCUT2D eigenvalue weighted by molar-refractivity contribution is 5.86. The van der Waals surface area contributed by atoms with Crippen LogP contribution in [0.4, 0.5) is 0 Å². The smallest absolute Gasteiger partial charge is 0.333 e. The number of benzene rings is 1. The number of methoxy groups -OCH3 is 1. The molecule has 16 heavy (non-hydrogen) atoms. The topological polar surface area (TPSA) is 81.4 Å². The zero-order valence-electron chi connectivity index (χ0n) is 8.97. The molecule has 0 spiro atoms. The number of hydrogen-bond donors (Lipinski definition) is 2. The van der Waals surface area contributed by atoms with Crippen molar-refractivity contribution < 1.29 is 14.3 Å². The minimum atomic E-state index is -0.803. The lowest BCUT2D eigenvalue weighted by atomic mass is 10.1. The van der Waals surface area contributed by atoms with Gasteiger partial charge < -0.3 is 15.8 Å². The van der Waals surface area contributed by atoms with Crippen LogP contribution in [0.5, 0.6) is 0 Å². The second-order valence-corrected chi connectivity index (χ2v) is 3.14. The number of hydrogen-bond acceptors (Lipinski definition) is 4. The zero-order chi connectivity index (χ0) is 12.0. The summed E-state index contributed by atoms with van der Waals surface area (Å²) in [5, 5.41) is 2.50. The number of carbonyl (C=O) groups excluding carboxylic acids is 2. The maximum Gasteiger partial charge on any atom is 0.333 e. The molecule has 1 atom stereocenters. The van der Waals surface area contributed by atoms with Crippen molar-refractivity contribution in [3.05, 3.63) is 35.9 Å².